The van der Waals surface area contributed by atoms with Crippen LogP contribution in [-0.2, 0) is 5.41 Å². The summed E-state index contributed by atoms with van der Waals surface area (Å²) in [5.74, 6) is 0. The Balaban J connectivity index is 0.00000243. The SMILES string of the molecule is C.C.C.CN(C)c1ccc(C=CC=CC2=[N+](C)c3ccccc3C2(C)C)cc1. The van der Waals surface area contributed by atoms with Gasteiger partial charge >= 0.3 is 0 Å². The van der Waals surface area contributed by atoms with Crippen molar-refractivity contribution in [1.29, 1.82) is 0 Å². The lowest BCUT2D eigenvalue weighted by Crippen LogP contribution is -2.26. The van der Waals surface area contributed by atoms with E-state index in [0.29, 0.717) is 0 Å². The van der Waals surface area contributed by atoms with E-state index in [4.69, 9.17) is 0 Å². The molecule has 2 nitrogen and oxygen atoms in total. The zero-order chi connectivity index (χ0) is 18.0. The van der Waals surface area contributed by atoms with Crippen molar-refractivity contribution < 1.29 is 4.58 Å². The summed E-state index contributed by atoms with van der Waals surface area (Å²) in [5, 5.41) is 0. The van der Waals surface area contributed by atoms with Gasteiger partial charge in [0.2, 0.25) is 5.69 Å². The van der Waals surface area contributed by atoms with E-state index in [1.807, 2.05) is 0 Å². The molecule has 0 atom stereocenters. The Bertz CT molecular complexity index is 850. The zero-order valence-corrected chi connectivity index (χ0v) is 15.8. The fourth-order valence-corrected chi connectivity index (χ4v) is 3.50. The quantitative estimate of drug-likeness (QED) is 0.412. The number of rotatable bonds is 4. The van der Waals surface area contributed by atoms with E-state index in [0.717, 1.165) is 0 Å². The average molecular weight is 380 g/mol. The highest BCUT2D eigenvalue weighted by molar-refractivity contribution is 6.03. The molecule has 0 aromatic heterocycles. The van der Waals surface area contributed by atoms with Gasteiger partial charge in [-0.15, -0.1) is 0 Å². The van der Waals surface area contributed by atoms with Gasteiger partial charge in [0.05, 0.1) is 5.41 Å². The minimum Gasteiger partial charge on any atom is -0.378 e. The summed E-state index contributed by atoms with van der Waals surface area (Å²) in [7, 11) is 6.27. The van der Waals surface area contributed by atoms with Gasteiger partial charge in [0, 0.05) is 37.5 Å². The van der Waals surface area contributed by atoms with Gasteiger partial charge in [-0.3, -0.25) is 0 Å². The normalized spacial score (nSPS) is 14.3. The first-order chi connectivity index (χ1) is 11.9. The van der Waals surface area contributed by atoms with Crippen LogP contribution in [0.15, 0.2) is 66.8 Å². The summed E-state index contributed by atoms with van der Waals surface area (Å²) in [5.41, 5.74) is 6.47. The molecule has 2 aromatic rings. The van der Waals surface area contributed by atoms with E-state index in [1.165, 1.54) is 28.2 Å². The number of anilines is 1. The third-order valence-electron chi connectivity index (χ3n) is 5.00. The van der Waals surface area contributed by atoms with Gasteiger partial charge in [-0.2, -0.15) is 4.58 Å². The Hall–Kier alpha value is -2.61. The van der Waals surface area contributed by atoms with Crippen molar-refractivity contribution in [1.82, 2.24) is 0 Å². The molecule has 152 valence electrons. The van der Waals surface area contributed by atoms with Crippen molar-refractivity contribution in [2.24, 2.45) is 0 Å². The lowest BCUT2D eigenvalue weighted by Gasteiger charge is -2.14. The van der Waals surface area contributed by atoms with Crippen LogP contribution in [-0.4, -0.2) is 31.4 Å². The van der Waals surface area contributed by atoms with Crippen LogP contribution < -0.4 is 4.90 Å². The fraction of sp³-hybridized carbons (Fsp3) is 0.346. The molecule has 3 rings (SSSR count). The molecule has 0 radical (unpaired) electrons. The molecule has 0 saturated carbocycles. The molecule has 1 aliphatic rings. The Morgan fingerprint density at radius 3 is 1.96 bits per heavy atom. The molecular formula is C26H39N2+. The number of hydrogen-bond acceptors (Lipinski definition) is 1. The van der Waals surface area contributed by atoms with Gasteiger partial charge in [-0.05, 0) is 31.5 Å². The lowest BCUT2D eigenvalue weighted by atomic mass is 9.81. The predicted octanol–water partition coefficient (Wildman–Crippen LogP) is 6.94. The van der Waals surface area contributed by atoms with Crippen LogP contribution in [0.5, 0.6) is 0 Å². The minimum absolute atomic E-state index is 0. The number of para-hydroxylation sites is 1. The van der Waals surface area contributed by atoms with E-state index in [1.54, 1.807) is 0 Å². The second-order valence-electron chi connectivity index (χ2n) is 7.29. The fourth-order valence-electron chi connectivity index (χ4n) is 3.50. The highest BCUT2D eigenvalue weighted by Gasteiger charge is 2.42. The number of fused-ring (bicyclic) bond motifs is 1. The number of hydrogen-bond donors (Lipinski definition) is 0. The Kier molecular flexibility index (Phi) is 9.14. The molecule has 0 N–H and O–H groups in total. The first-order valence-corrected chi connectivity index (χ1v) is 8.74. The molecule has 2 heteroatoms. The number of benzene rings is 2. The molecule has 0 saturated heterocycles. The minimum atomic E-state index is 0. The van der Waals surface area contributed by atoms with Crippen LogP contribution in [0.4, 0.5) is 11.4 Å². The topological polar surface area (TPSA) is 6.25 Å². The Morgan fingerprint density at radius 1 is 0.821 bits per heavy atom. The summed E-state index contributed by atoms with van der Waals surface area (Å²) in [4.78, 5) is 2.11. The van der Waals surface area contributed by atoms with Crippen LogP contribution >= 0.6 is 0 Å². The van der Waals surface area contributed by atoms with Gasteiger partial charge in [-0.1, -0.05) is 70.8 Å². The van der Waals surface area contributed by atoms with E-state index in [2.05, 4.69) is 117 Å². The highest BCUT2D eigenvalue weighted by Crippen LogP contribution is 2.38. The molecule has 0 amide bonds. The summed E-state index contributed by atoms with van der Waals surface area (Å²) in [6, 6.07) is 17.2. The van der Waals surface area contributed by atoms with Crippen molar-refractivity contribution in [3.63, 3.8) is 0 Å². The molecular weight excluding hydrogens is 340 g/mol. The summed E-state index contributed by atoms with van der Waals surface area (Å²) in [6.45, 7) is 4.58. The second kappa shape index (κ2) is 10.1. The molecule has 1 heterocycles. The molecule has 0 unspecified atom stereocenters. The van der Waals surface area contributed by atoms with E-state index in [-0.39, 0.29) is 27.7 Å². The average Bonchev–Trinajstić information content (AvgIpc) is 2.79. The maximum absolute atomic E-state index is 2.30. The smallest absolute Gasteiger partial charge is 0.209 e. The predicted molar refractivity (Wildman–Crippen MR) is 129 cm³/mol. The van der Waals surface area contributed by atoms with E-state index < -0.39 is 0 Å². The summed E-state index contributed by atoms with van der Waals surface area (Å²) >= 11 is 0. The number of nitrogens with zero attached hydrogens (tertiary/aromatic N) is 2. The van der Waals surface area contributed by atoms with Crippen molar-refractivity contribution in [3.05, 3.63) is 77.9 Å². The molecule has 28 heavy (non-hydrogen) atoms. The molecule has 1 aliphatic heterocycles. The van der Waals surface area contributed by atoms with Crippen LogP contribution in [0.2, 0.25) is 0 Å². The van der Waals surface area contributed by atoms with E-state index in [9.17, 15) is 0 Å². The van der Waals surface area contributed by atoms with Gasteiger partial charge in [0.25, 0.3) is 0 Å². The standard InChI is InChI=1S/C23H27N2.3CH4/c1-23(2)20-11-7-8-12-21(20)25(5)22(23)13-9-6-10-18-14-16-19(17-15-18)24(3)4;;;/h6-17H,1-5H3;3*1H4/q+1;;;. The number of allylic oxidation sites excluding steroid dienone is 3. The highest BCUT2D eigenvalue weighted by atomic mass is 15.1. The van der Waals surface area contributed by atoms with Gasteiger partial charge in [-0.25, -0.2) is 0 Å². The first-order valence-electron chi connectivity index (χ1n) is 8.74. The molecule has 0 aliphatic carbocycles. The Labute approximate surface area is 173 Å². The van der Waals surface area contributed by atoms with Gasteiger partial charge in [0.1, 0.15) is 7.05 Å². The first kappa shape index (κ1) is 25.4. The maximum atomic E-state index is 2.30. The van der Waals surface area contributed by atoms with Crippen LogP contribution in [0.1, 0.15) is 47.3 Å². The molecule has 0 spiro atoms. The van der Waals surface area contributed by atoms with Crippen molar-refractivity contribution in [3.8, 4) is 0 Å². The third-order valence-corrected chi connectivity index (χ3v) is 5.00. The summed E-state index contributed by atoms with van der Waals surface area (Å²) in [6.07, 6.45) is 8.63. The van der Waals surface area contributed by atoms with E-state index >= 15 is 0 Å². The van der Waals surface area contributed by atoms with Crippen LogP contribution in [0, 0.1) is 0 Å². The monoisotopic (exact) mass is 379 g/mol. The van der Waals surface area contributed by atoms with Crippen molar-refractivity contribution >= 4 is 23.2 Å². The third kappa shape index (κ3) is 4.81. The summed E-state index contributed by atoms with van der Waals surface area (Å²) < 4.78 is 2.30. The van der Waals surface area contributed by atoms with Gasteiger partial charge in [0.15, 0.2) is 5.71 Å². The maximum Gasteiger partial charge on any atom is 0.209 e. The van der Waals surface area contributed by atoms with Crippen molar-refractivity contribution in [2.75, 3.05) is 26.0 Å². The largest absolute Gasteiger partial charge is 0.378 e. The lowest BCUT2D eigenvalue weighted by molar-refractivity contribution is -0.401. The molecule has 2 aromatic carbocycles. The molecule has 0 bridgehead atoms. The van der Waals surface area contributed by atoms with Crippen molar-refractivity contribution in [2.45, 2.75) is 41.5 Å². The van der Waals surface area contributed by atoms with Crippen LogP contribution in [0.3, 0.4) is 0 Å². The van der Waals surface area contributed by atoms with Crippen LogP contribution in [0.25, 0.3) is 6.08 Å². The zero-order valence-electron chi connectivity index (χ0n) is 15.8. The van der Waals surface area contributed by atoms with Gasteiger partial charge < -0.3 is 4.90 Å². The molecule has 0 fully saturated rings. The Morgan fingerprint density at radius 2 is 1.39 bits per heavy atom. The second-order valence-corrected chi connectivity index (χ2v) is 7.29.